The Morgan fingerprint density at radius 3 is 2.94 bits per heavy atom. The van der Waals surface area contributed by atoms with E-state index in [-0.39, 0.29) is 0 Å². The molecule has 2 heterocycles. The molecule has 2 aliphatic rings. The number of nitrogens with zero attached hydrogens (tertiary/aromatic N) is 3. The zero-order valence-electron chi connectivity index (χ0n) is 10.6. The van der Waals surface area contributed by atoms with Gasteiger partial charge in [0.1, 0.15) is 11.9 Å². The second kappa shape index (κ2) is 4.25. The van der Waals surface area contributed by atoms with Gasteiger partial charge in [-0.2, -0.15) is 5.26 Å². The molecular weight excluding hydrogens is 224 g/mol. The predicted molar refractivity (Wildman–Crippen MR) is 70.1 cm³/mol. The molecule has 2 fully saturated rings. The molecule has 0 bridgehead atoms. The molecule has 4 nitrogen and oxygen atoms in total. The largest absolute Gasteiger partial charge is 0.355 e. The fourth-order valence-corrected chi connectivity index (χ4v) is 3.35. The highest BCUT2D eigenvalue weighted by atomic mass is 15.2. The lowest BCUT2D eigenvalue weighted by Gasteiger charge is -2.21. The van der Waals surface area contributed by atoms with Gasteiger partial charge in [0.05, 0.1) is 5.56 Å². The van der Waals surface area contributed by atoms with E-state index in [2.05, 4.69) is 16.0 Å². The van der Waals surface area contributed by atoms with Crippen molar-refractivity contribution in [3.05, 3.63) is 23.4 Å². The van der Waals surface area contributed by atoms with Crippen LogP contribution in [0.3, 0.4) is 0 Å². The van der Waals surface area contributed by atoms with Crippen molar-refractivity contribution in [2.45, 2.75) is 25.8 Å². The summed E-state index contributed by atoms with van der Waals surface area (Å²) in [7, 11) is 0. The molecule has 0 radical (unpaired) electrons. The number of rotatable bonds is 1. The second-order valence-corrected chi connectivity index (χ2v) is 5.51. The summed E-state index contributed by atoms with van der Waals surface area (Å²) < 4.78 is 0. The lowest BCUT2D eigenvalue weighted by molar-refractivity contribution is 0.453. The first kappa shape index (κ1) is 11.5. The van der Waals surface area contributed by atoms with Gasteiger partial charge in [0.2, 0.25) is 0 Å². The fourth-order valence-electron chi connectivity index (χ4n) is 3.35. The molecule has 1 aliphatic carbocycles. The van der Waals surface area contributed by atoms with E-state index in [9.17, 15) is 5.26 Å². The minimum atomic E-state index is 0.329. The highest BCUT2D eigenvalue weighted by Crippen LogP contribution is 2.39. The molecule has 0 aromatic carbocycles. The van der Waals surface area contributed by atoms with E-state index in [4.69, 9.17) is 5.73 Å². The number of nitriles is 1. The van der Waals surface area contributed by atoms with Gasteiger partial charge in [-0.25, -0.2) is 4.98 Å². The van der Waals surface area contributed by atoms with E-state index < -0.39 is 0 Å². The molecule has 4 heteroatoms. The predicted octanol–water partition coefficient (Wildman–Crippen LogP) is 1.44. The minimum Gasteiger partial charge on any atom is -0.355 e. The Kier molecular flexibility index (Phi) is 2.71. The third kappa shape index (κ3) is 1.75. The zero-order chi connectivity index (χ0) is 12.7. The van der Waals surface area contributed by atoms with Crippen molar-refractivity contribution in [3.8, 4) is 6.07 Å². The lowest BCUT2D eigenvalue weighted by atomic mass is 9.98. The highest BCUT2D eigenvalue weighted by Gasteiger charge is 2.41. The smallest absolute Gasteiger partial charge is 0.146 e. The van der Waals surface area contributed by atoms with Crippen LogP contribution in [0.1, 0.15) is 24.1 Å². The number of hydrogen-bond acceptors (Lipinski definition) is 4. The van der Waals surface area contributed by atoms with Crippen molar-refractivity contribution < 1.29 is 0 Å². The quantitative estimate of drug-likeness (QED) is 0.809. The molecular formula is C14H18N4. The molecule has 2 N–H and O–H groups in total. The van der Waals surface area contributed by atoms with E-state index in [0.717, 1.165) is 31.0 Å². The second-order valence-electron chi connectivity index (χ2n) is 5.51. The Morgan fingerprint density at radius 2 is 2.22 bits per heavy atom. The Bertz CT molecular complexity index is 505. The number of aromatic nitrogens is 1. The number of nitrogens with two attached hydrogens (primary N) is 1. The summed E-state index contributed by atoms with van der Waals surface area (Å²) in [5.41, 5.74) is 7.79. The molecule has 1 saturated carbocycles. The van der Waals surface area contributed by atoms with Gasteiger partial charge in [-0.1, -0.05) is 0 Å². The monoisotopic (exact) mass is 242 g/mol. The average molecular weight is 242 g/mol. The van der Waals surface area contributed by atoms with Gasteiger partial charge in [0.25, 0.3) is 0 Å². The Balaban J connectivity index is 1.89. The molecule has 0 amide bonds. The van der Waals surface area contributed by atoms with Crippen LogP contribution in [0.4, 0.5) is 5.82 Å². The van der Waals surface area contributed by atoms with Crippen molar-refractivity contribution in [3.63, 3.8) is 0 Å². The third-order valence-corrected chi connectivity index (χ3v) is 4.35. The maximum absolute atomic E-state index is 9.18. The maximum atomic E-state index is 9.18. The number of pyridine rings is 1. The van der Waals surface area contributed by atoms with Crippen LogP contribution in [0.25, 0.3) is 0 Å². The Hall–Kier alpha value is -1.60. The number of anilines is 1. The van der Waals surface area contributed by atoms with Crippen molar-refractivity contribution in [1.29, 1.82) is 5.26 Å². The topological polar surface area (TPSA) is 65.9 Å². The van der Waals surface area contributed by atoms with Gasteiger partial charge in [-0.15, -0.1) is 0 Å². The lowest BCUT2D eigenvalue weighted by Crippen LogP contribution is -2.30. The van der Waals surface area contributed by atoms with Crippen LogP contribution >= 0.6 is 0 Å². The minimum absolute atomic E-state index is 0.329. The SMILES string of the molecule is Cc1ccc(C#N)c(N2CC3CCC(N)C3C2)n1. The summed E-state index contributed by atoms with van der Waals surface area (Å²) in [5.74, 6) is 2.12. The summed E-state index contributed by atoms with van der Waals surface area (Å²) in [5, 5.41) is 9.18. The normalized spacial score (nSPS) is 30.3. The number of fused-ring (bicyclic) bond motifs is 1. The molecule has 0 spiro atoms. The zero-order valence-corrected chi connectivity index (χ0v) is 10.6. The van der Waals surface area contributed by atoms with Gasteiger partial charge in [-0.3, -0.25) is 0 Å². The van der Waals surface area contributed by atoms with E-state index in [1.54, 1.807) is 0 Å². The Morgan fingerprint density at radius 1 is 1.39 bits per heavy atom. The van der Waals surface area contributed by atoms with Crippen LogP contribution in [-0.2, 0) is 0 Å². The van der Waals surface area contributed by atoms with Crippen molar-refractivity contribution in [1.82, 2.24) is 4.98 Å². The summed E-state index contributed by atoms with van der Waals surface area (Å²) in [4.78, 5) is 6.79. The summed E-state index contributed by atoms with van der Waals surface area (Å²) in [6, 6.07) is 6.33. The van der Waals surface area contributed by atoms with Crippen LogP contribution in [0.15, 0.2) is 12.1 Å². The molecule has 3 unspecified atom stereocenters. The highest BCUT2D eigenvalue weighted by molar-refractivity contribution is 5.55. The van der Waals surface area contributed by atoms with Crippen molar-refractivity contribution in [2.75, 3.05) is 18.0 Å². The molecule has 1 aromatic heterocycles. The van der Waals surface area contributed by atoms with Gasteiger partial charge in [0.15, 0.2) is 0 Å². The van der Waals surface area contributed by atoms with Gasteiger partial charge in [-0.05, 0) is 43.7 Å². The molecule has 3 atom stereocenters. The first-order chi connectivity index (χ1) is 8.69. The van der Waals surface area contributed by atoms with Gasteiger partial charge < -0.3 is 10.6 Å². The number of hydrogen-bond donors (Lipinski definition) is 1. The molecule has 1 saturated heterocycles. The number of aryl methyl sites for hydroxylation is 1. The Labute approximate surface area is 107 Å². The molecule has 1 aromatic rings. The van der Waals surface area contributed by atoms with Crippen LogP contribution in [0.5, 0.6) is 0 Å². The average Bonchev–Trinajstić information content (AvgIpc) is 2.92. The van der Waals surface area contributed by atoms with E-state index in [0.29, 0.717) is 23.4 Å². The summed E-state index contributed by atoms with van der Waals surface area (Å²) in [6.07, 6.45) is 2.37. The van der Waals surface area contributed by atoms with Crippen LogP contribution < -0.4 is 10.6 Å². The van der Waals surface area contributed by atoms with Crippen molar-refractivity contribution in [2.24, 2.45) is 17.6 Å². The van der Waals surface area contributed by atoms with E-state index in [1.165, 1.54) is 6.42 Å². The summed E-state index contributed by atoms with van der Waals surface area (Å²) >= 11 is 0. The van der Waals surface area contributed by atoms with E-state index >= 15 is 0 Å². The van der Waals surface area contributed by atoms with Crippen LogP contribution in [-0.4, -0.2) is 24.1 Å². The van der Waals surface area contributed by atoms with Crippen LogP contribution in [0, 0.1) is 30.1 Å². The molecule has 18 heavy (non-hydrogen) atoms. The first-order valence-corrected chi connectivity index (χ1v) is 6.57. The maximum Gasteiger partial charge on any atom is 0.146 e. The van der Waals surface area contributed by atoms with Crippen LogP contribution in [0.2, 0.25) is 0 Å². The van der Waals surface area contributed by atoms with Gasteiger partial charge >= 0.3 is 0 Å². The van der Waals surface area contributed by atoms with E-state index in [1.807, 2.05) is 19.1 Å². The van der Waals surface area contributed by atoms with Gasteiger partial charge in [0, 0.05) is 24.8 Å². The molecule has 3 rings (SSSR count). The first-order valence-electron chi connectivity index (χ1n) is 6.57. The fraction of sp³-hybridized carbons (Fsp3) is 0.571. The molecule has 1 aliphatic heterocycles. The van der Waals surface area contributed by atoms with Crippen molar-refractivity contribution >= 4 is 5.82 Å². The standard InChI is InChI=1S/C14H18N4/c1-9-2-3-10(6-15)14(17-9)18-7-11-4-5-13(16)12(11)8-18/h2-3,11-13H,4-5,7-8,16H2,1H3. The third-order valence-electron chi connectivity index (χ3n) is 4.35. The molecule has 94 valence electrons. The summed E-state index contributed by atoms with van der Waals surface area (Å²) in [6.45, 7) is 3.92.